The first-order chi connectivity index (χ1) is 13.6. The van der Waals surface area contributed by atoms with Gasteiger partial charge in [0.25, 0.3) is 0 Å². The molecule has 1 aromatic carbocycles. The molecule has 0 bridgehead atoms. The topological polar surface area (TPSA) is 109 Å². The van der Waals surface area contributed by atoms with Crippen LogP contribution in [-0.4, -0.2) is 78.8 Å². The van der Waals surface area contributed by atoms with Gasteiger partial charge in [0.05, 0.1) is 4.47 Å². The van der Waals surface area contributed by atoms with E-state index >= 15 is 0 Å². The van der Waals surface area contributed by atoms with Gasteiger partial charge in [-0.3, -0.25) is 9.69 Å². The van der Waals surface area contributed by atoms with Crippen LogP contribution in [-0.2, 0) is 21.4 Å². The minimum absolute atomic E-state index is 0.122. The number of halogens is 1. The number of rotatable bonds is 5. The monoisotopic (exact) mass is 489 g/mol. The van der Waals surface area contributed by atoms with Gasteiger partial charge in [0.15, 0.2) is 0 Å². The highest BCUT2D eigenvalue weighted by molar-refractivity contribution is 9.10. The molecule has 0 spiro atoms. The molecule has 0 aromatic heterocycles. The Labute approximate surface area is 181 Å². The van der Waals surface area contributed by atoms with Crippen molar-refractivity contribution in [3.8, 4) is 5.75 Å². The second-order valence-corrected chi connectivity index (χ2v) is 10.5. The van der Waals surface area contributed by atoms with Gasteiger partial charge in [-0.05, 0) is 52.9 Å². The zero-order valence-corrected chi connectivity index (χ0v) is 19.2. The zero-order valence-electron chi connectivity index (χ0n) is 16.8. The predicted octanol–water partition coefficient (Wildman–Crippen LogP) is 0.429. The Morgan fingerprint density at radius 3 is 2.38 bits per heavy atom. The largest absolute Gasteiger partial charge is 0.507 e. The second kappa shape index (κ2) is 9.30. The highest BCUT2D eigenvalue weighted by atomic mass is 79.9. The lowest BCUT2D eigenvalue weighted by Crippen LogP contribution is -2.66. The number of piperidine rings is 1. The molecule has 0 aliphatic carbocycles. The van der Waals surface area contributed by atoms with Gasteiger partial charge < -0.3 is 10.0 Å². The zero-order chi connectivity index (χ0) is 21.2. The molecule has 0 saturated carbocycles. The third-order valence-electron chi connectivity index (χ3n) is 5.93. The molecule has 8 nitrogen and oxygen atoms in total. The molecule has 1 unspecified atom stereocenters. The fraction of sp³-hybridized carbons (Fsp3) is 0.632. The predicted molar refractivity (Wildman–Crippen MR) is 113 cm³/mol. The highest BCUT2D eigenvalue weighted by Crippen LogP contribution is 2.26. The summed E-state index contributed by atoms with van der Waals surface area (Å²) in [5.74, 6) is 0.234. The number of carbonyl (C=O) groups is 1. The van der Waals surface area contributed by atoms with Crippen LogP contribution < -0.4 is 5.14 Å². The molecule has 4 N–H and O–H groups in total. The normalized spacial score (nSPS) is 21.3. The lowest BCUT2D eigenvalue weighted by molar-refractivity contribution is -0.177. The number of amides is 1. The number of aromatic hydroxyl groups is 1. The second-order valence-electron chi connectivity index (χ2n) is 7.99. The molecular weight excluding hydrogens is 460 g/mol. The minimum Gasteiger partial charge on any atom is -0.507 e. The summed E-state index contributed by atoms with van der Waals surface area (Å²) in [7, 11) is -3.35. The molecule has 29 heavy (non-hydrogen) atoms. The van der Waals surface area contributed by atoms with Crippen LogP contribution in [0, 0.1) is 5.92 Å². The van der Waals surface area contributed by atoms with E-state index in [0.717, 1.165) is 31.5 Å². The molecular formula is C19H30BrN4O4S+. The summed E-state index contributed by atoms with van der Waals surface area (Å²) in [4.78, 5) is 17.2. The van der Waals surface area contributed by atoms with E-state index in [0.29, 0.717) is 43.1 Å². The summed E-state index contributed by atoms with van der Waals surface area (Å²) in [6, 6.07) is 5.72. The van der Waals surface area contributed by atoms with Crippen molar-refractivity contribution in [2.24, 2.45) is 5.92 Å². The Morgan fingerprint density at radius 1 is 1.21 bits per heavy atom. The molecule has 2 heterocycles. The third kappa shape index (κ3) is 5.69. The van der Waals surface area contributed by atoms with Crippen molar-refractivity contribution >= 4 is 32.0 Å². The Kier molecular flexibility index (Phi) is 7.21. The van der Waals surface area contributed by atoms with Gasteiger partial charge in [0.2, 0.25) is 5.91 Å². The van der Waals surface area contributed by atoms with Crippen molar-refractivity contribution in [1.29, 1.82) is 0 Å². The van der Waals surface area contributed by atoms with E-state index < -0.39 is 10.2 Å². The average molecular weight is 490 g/mol. The standard InChI is InChI=1S/C19H29BrN4O4S/c1-14(12-15-2-3-18(25)17(20)13-15)19(26)23-10-8-22(9-11-23)16-4-6-24(7-5-16)29(21,27)28/h2-3,13-14,16,25H,4-12H2,1H3,(H2,21,27,28)/p+1. The number of hydrogen-bond donors (Lipinski definition) is 2. The number of phenols is 1. The van der Waals surface area contributed by atoms with Crippen molar-refractivity contribution in [3.05, 3.63) is 28.2 Å². The third-order valence-corrected chi connectivity index (χ3v) is 7.72. The molecule has 2 fully saturated rings. The minimum atomic E-state index is -3.35. The molecule has 10 heteroatoms. The van der Waals surface area contributed by atoms with E-state index in [1.807, 2.05) is 24.0 Å². The molecule has 1 amide bonds. The first-order valence-electron chi connectivity index (χ1n) is 9.98. The first-order valence-corrected chi connectivity index (χ1v) is 12.4. The fourth-order valence-corrected chi connectivity index (χ4v) is 5.42. The van der Waals surface area contributed by atoms with Crippen molar-refractivity contribution in [1.82, 2.24) is 14.1 Å². The van der Waals surface area contributed by atoms with Crippen LogP contribution in [0.1, 0.15) is 25.3 Å². The van der Waals surface area contributed by atoms with E-state index in [4.69, 9.17) is 0 Å². The van der Waals surface area contributed by atoms with Crippen molar-refractivity contribution in [2.45, 2.75) is 32.2 Å². The van der Waals surface area contributed by atoms with Gasteiger partial charge in [0, 0.05) is 51.2 Å². The number of piperazine rings is 1. The highest BCUT2D eigenvalue weighted by Gasteiger charge is 2.33. The molecule has 2 aliphatic rings. The summed E-state index contributed by atoms with van der Waals surface area (Å²) in [6.45, 7) is 6.05. The van der Waals surface area contributed by atoms with E-state index in [9.17, 15) is 18.3 Å². The number of benzene rings is 1. The summed E-state index contributed by atoms with van der Waals surface area (Å²) >= 11 is 3.32. The summed E-state index contributed by atoms with van der Waals surface area (Å²) in [6.07, 6.45) is 2.26. The van der Waals surface area contributed by atoms with Gasteiger partial charge in [-0.15, -0.1) is 0 Å². The summed E-state index contributed by atoms with van der Waals surface area (Å²) in [5, 5.41) is 12.9. The number of carbonyl (C=O) groups excluding carboxylic acids is 1. The van der Waals surface area contributed by atoms with Gasteiger partial charge >= 0.3 is 10.2 Å². The van der Waals surface area contributed by atoms with Crippen molar-refractivity contribution in [3.63, 3.8) is 0 Å². The van der Waals surface area contributed by atoms with Crippen LogP contribution >= 0.6 is 15.9 Å². The van der Waals surface area contributed by atoms with E-state index in [1.165, 1.54) is 4.31 Å². The Hall–Kier alpha value is -1.20. The number of quaternary nitrogens is 1. The van der Waals surface area contributed by atoms with Gasteiger partial charge in [-0.2, -0.15) is 12.7 Å². The van der Waals surface area contributed by atoms with Gasteiger partial charge in [0.1, 0.15) is 5.75 Å². The Morgan fingerprint density at radius 2 is 1.83 bits per heavy atom. The molecule has 2 aliphatic heterocycles. The first kappa shape index (κ1) is 22.5. The quantitative estimate of drug-likeness (QED) is 0.623. The lowest BCUT2D eigenvalue weighted by Gasteiger charge is -2.42. The maximum absolute atomic E-state index is 12.9. The molecule has 3 rings (SSSR count). The number of nitrogens with zero attached hydrogens (tertiary/aromatic N) is 3. The fourth-order valence-electron chi connectivity index (χ4n) is 4.22. The van der Waals surface area contributed by atoms with Gasteiger partial charge in [-0.25, -0.2) is 5.14 Å². The van der Waals surface area contributed by atoms with E-state index in [-0.39, 0.29) is 17.6 Å². The molecule has 162 valence electrons. The maximum Gasteiger partial charge on any atom is 0.367 e. The lowest BCUT2D eigenvalue weighted by atomic mass is 9.99. The molecule has 1 atom stereocenters. The molecule has 1 aromatic rings. The van der Waals surface area contributed by atoms with Crippen LogP contribution in [0.4, 0.5) is 0 Å². The van der Waals surface area contributed by atoms with Crippen molar-refractivity contribution in [2.75, 3.05) is 39.3 Å². The summed E-state index contributed by atoms with van der Waals surface area (Å²) in [5.41, 5.74) is 1.02. The van der Waals surface area contributed by atoms with E-state index in [1.54, 1.807) is 6.07 Å². The van der Waals surface area contributed by atoms with E-state index in [2.05, 4.69) is 26.0 Å². The smallest absolute Gasteiger partial charge is 0.367 e. The van der Waals surface area contributed by atoms with Crippen molar-refractivity contribution < 1.29 is 23.5 Å². The van der Waals surface area contributed by atoms with Crippen LogP contribution in [0.15, 0.2) is 22.7 Å². The van der Waals surface area contributed by atoms with Crippen LogP contribution in [0.3, 0.4) is 0 Å². The number of phenolic OH excluding ortho intramolecular Hbond substituents is 1. The van der Waals surface area contributed by atoms with Crippen LogP contribution in [0.2, 0.25) is 0 Å². The molecule has 0 radical (unpaired) electrons. The number of hydrogen-bond acceptors (Lipinski definition) is 5. The van der Waals surface area contributed by atoms with Crippen LogP contribution in [0.5, 0.6) is 5.75 Å². The average Bonchev–Trinajstić information content (AvgIpc) is 2.70. The summed E-state index contributed by atoms with van der Waals surface area (Å²) < 4.78 is 25.2. The van der Waals surface area contributed by atoms with Gasteiger partial charge in [-0.1, -0.05) is 13.0 Å². The van der Waals surface area contributed by atoms with Crippen LogP contribution in [0.25, 0.3) is 0 Å². The SMILES string of the molecule is CC(Cc1ccc(O)c(Br)c1)C(=O)N1CCN(C2CCN(S([NH3+])(=O)=O)CC2)CC1. The Balaban J connectivity index is 1.47. The Bertz CT molecular complexity index is 835. The maximum atomic E-state index is 12.9. The molecule has 2 saturated heterocycles.